The van der Waals surface area contributed by atoms with E-state index in [-0.39, 0.29) is 0 Å². The first-order valence-corrected chi connectivity index (χ1v) is 8.81. The zero-order valence-corrected chi connectivity index (χ0v) is 12.5. The number of benzene rings is 2. The average Bonchev–Trinajstić information content (AvgIpc) is 2.37. The van der Waals surface area contributed by atoms with Crippen LogP contribution in [0.2, 0.25) is 0 Å². The minimum Gasteiger partial charge on any atom is -0.195 e. The lowest BCUT2D eigenvalue weighted by molar-refractivity contribution is 0.621. The van der Waals surface area contributed by atoms with Gasteiger partial charge in [0.25, 0.3) is 0 Å². The summed E-state index contributed by atoms with van der Waals surface area (Å²) in [5.41, 5.74) is 2.83. The molecule has 2 rings (SSSR count). The van der Waals surface area contributed by atoms with Crippen LogP contribution in [0.25, 0.3) is 0 Å². The Morgan fingerprint density at radius 2 is 0.947 bits per heavy atom. The summed E-state index contributed by atoms with van der Waals surface area (Å²) in [5.74, 6) is 0. The molecule has 0 radical (unpaired) electrons. The fourth-order valence-corrected chi connectivity index (χ4v) is 1.58. The Morgan fingerprint density at radius 1 is 0.684 bits per heavy atom. The topological polar surface area (TPSA) is 34.1 Å². The molecule has 0 bridgehead atoms. The van der Waals surface area contributed by atoms with Gasteiger partial charge in [-0.15, -0.1) is 0 Å². The quantitative estimate of drug-likeness (QED) is 0.796. The summed E-state index contributed by atoms with van der Waals surface area (Å²) in [5, 5.41) is 0. The van der Waals surface area contributed by atoms with Gasteiger partial charge < -0.3 is 0 Å². The van der Waals surface area contributed by atoms with Gasteiger partial charge in [0.1, 0.15) is 0 Å². The molecule has 19 heavy (non-hydrogen) atoms. The molecule has 2 nitrogen and oxygen atoms in total. The van der Waals surface area contributed by atoms with Gasteiger partial charge in [0.2, 0.25) is 0 Å². The molecule has 0 unspecified atom stereocenters. The monoisotopic (exact) mass is 316 g/mol. The SMILES string of the molecule is O=S(=O)(Cl)Cl.c1ccc(CCc2ccccc2)cc1. The van der Waals surface area contributed by atoms with Gasteiger partial charge in [-0.2, -0.15) is 8.42 Å². The molecule has 0 fully saturated rings. The summed E-state index contributed by atoms with van der Waals surface area (Å²) in [6.07, 6.45) is 2.26. The number of halogens is 2. The standard InChI is InChI=1S/C14H14.Cl2O2S/c1-3-7-13(8-4-1)11-12-14-9-5-2-6-10-14;1-5(2,3)4/h1-10H,11-12H2;. The molecule has 0 atom stereocenters. The van der Waals surface area contributed by atoms with Crippen molar-refractivity contribution in [3.8, 4) is 0 Å². The summed E-state index contributed by atoms with van der Waals surface area (Å²) in [7, 11) is 4.81. The van der Waals surface area contributed by atoms with E-state index in [2.05, 4.69) is 82.0 Å². The maximum absolute atomic E-state index is 9.16. The van der Waals surface area contributed by atoms with Crippen LogP contribution in [0.3, 0.4) is 0 Å². The normalized spacial score (nSPS) is 10.4. The minimum atomic E-state index is -3.72. The maximum atomic E-state index is 9.16. The van der Waals surface area contributed by atoms with Gasteiger partial charge in [-0.05, 0) is 24.0 Å². The lowest BCUT2D eigenvalue weighted by Gasteiger charge is -2.01. The smallest absolute Gasteiger partial charge is 0.195 e. The van der Waals surface area contributed by atoms with Gasteiger partial charge in [-0.1, -0.05) is 60.7 Å². The molecule has 0 aromatic heterocycles. The second kappa shape index (κ2) is 8.20. The molecule has 0 N–H and O–H groups in total. The van der Waals surface area contributed by atoms with E-state index in [0.717, 1.165) is 12.8 Å². The highest BCUT2D eigenvalue weighted by Crippen LogP contribution is 2.06. The molecular weight excluding hydrogens is 303 g/mol. The van der Waals surface area contributed by atoms with E-state index in [1.54, 1.807) is 0 Å². The number of hydrogen-bond acceptors (Lipinski definition) is 2. The summed E-state index contributed by atoms with van der Waals surface area (Å²) in [4.78, 5) is 0. The molecule has 102 valence electrons. The highest BCUT2D eigenvalue weighted by Gasteiger charge is 1.93. The third-order valence-corrected chi connectivity index (χ3v) is 2.39. The molecule has 5 heteroatoms. The van der Waals surface area contributed by atoms with Gasteiger partial charge in [0, 0.05) is 21.4 Å². The van der Waals surface area contributed by atoms with Gasteiger partial charge in [-0.3, -0.25) is 0 Å². The molecule has 2 aromatic rings. The Labute approximate surface area is 122 Å². The van der Waals surface area contributed by atoms with E-state index in [1.807, 2.05) is 0 Å². The lowest BCUT2D eigenvalue weighted by Crippen LogP contribution is -1.89. The van der Waals surface area contributed by atoms with Gasteiger partial charge >= 0.3 is 8.26 Å². The van der Waals surface area contributed by atoms with Crippen LogP contribution in [-0.2, 0) is 21.1 Å². The molecule has 0 saturated carbocycles. The molecule has 0 aliphatic carbocycles. The maximum Gasteiger partial charge on any atom is 0.317 e. The van der Waals surface area contributed by atoms with E-state index in [0.29, 0.717) is 0 Å². The van der Waals surface area contributed by atoms with Crippen molar-refractivity contribution in [1.29, 1.82) is 0 Å². The fraction of sp³-hybridized carbons (Fsp3) is 0.143. The van der Waals surface area contributed by atoms with Crippen molar-refractivity contribution in [3.05, 3.63) is 71.8 Å². The van der Waals surface area contributed by atoms with Crippen LogP contribution in [0, 0.1) is 0 Å². The molecule has 0 aliphatic rings. The van der Waals surface area contributed by atoms with Gasteiger partial charge in [0.05, 0.1) is 0 Å². The Balaban J connectivity index is 0.000000312. The van der Waals surface area contributed by atoms with E-state index >= 15 is 0 Å². The third kappa shape index (κ3) is 9.54. The van der Waals surface area contributed by atoms with E-state index < -0.39 is 8.26 Å². The zero-order chi connectivity index (χ0) is 14.1. The Hall–Kier alpha value is -1.03. The van der Waals surface area contributed by atoms with E-state index in [9.17, 15) is 0 Å². The number of rotatable bonds is 3. The molecule has 0 amide bonds. The van der Waals surface area contributed by atoms with Gasteiger partial charge in [-0.25, -0.2) is 0 Å². The Bertz CT molecular complexity index is 521. The predicted octanol–water partition coefficient (Wildman–Crippen LogP) is 4.18. The largest absolute Gasteiger partial charge is 0.317 e. The summed E-state index contributed by atoms with van der Waals surface area (Å²) < 4.78 is 18.3. The van der Waals surface area contributed by atoms with Crippen molar-refractivity contribution in [2.24, 2.45) is 0 Å². The first-order valence-electron chi connectivity index (χ1n) is 5.67. The van der Waals surface area contributed by atoms with Crippen LogP contribution < -0.4 is 0 Å². The average molecular weight is 317 g/mol. The minimum absolute atomic E-state index is 1.13. The van der Waals surface area contributed by atoms with E-state index in [1.165, 1.54) is 11.1 Å². The highest BCUT2D eigenvalue weighted by atomic mass is 36.0. The number of hydrogen-bond donors (Lipinski definition) is 0. The molecule has 0 aliphatic heterocycles. The van der Waals surface area contributed by atoms with Gasteiger partial charge in [0.15, 0.2) is 0 Å². The van der Waals surface area contributed by atoms with Crippen molar-refractivity contribution in [3.63, 3.8) is 0 Å². The van der Waals surface area contributed by atoms with Crippen LogP contribution in [-0.4, -0.2) is 8.42 Å². The van der Waals surface area contributed by atoms with Crippen LogP contribution in [0.5, 0.6) is 0 Å². The van der Waals surface area contributed by atoms with Crippen molar-refractivity contribution in [2.75, 3.05) is 0 Å². The molecule has 0 heterocycles. The zero-order valence-electron chi connectivity index (χ0n) is 10.2. The molecule has 0 saturated heterocycles. The fourth-order valence-electron chi connectivity index (χ4n) is 1.58. The van der Waals surface area contributed by atoms with Crippen molar-refractivity contribution < 1.29 is 8.42 Å². The van der Waals surface area contributed by atoms with Crippen LogP contribution in [0.1, 0.15) is 11.1 Å². The first-order chi connectivity index (χ1) is 8.95. The second-order valence-electron chi connectivity index (χ2n) is 3.85. The van der Waals surface area contributed by atoms with E-state index in [4.69, 9.17) is 8.42 Å². The molecule has 0 spiro atoms. The summed E-state index contributed by atoms with van der Waals surface area (Å²) in [6, 6.07) is 21.2. The first kappa shape index (κ1) is 16.0. The van der Waals surface area contributed by atoms with Crippen LogP contribution in [0.15, 0.2) is 60.7 Å². The lowest BCUT2D eigenvalue weighted by atomic mass is 10.0. The predicted molar refractivity (Wildman–Crippen MR) is 80.9 cm³/mol. The molecular formula is C14H14Cl2O2S. The number of aryl methyl sites for hydroxylation is 2. The summed E-state index contributed by atoms with van der Waals surface area (Å²) >= 11 is 0. The Kier molecular flexibility index (Phi) is 6.92. The summed E-state index contributed by atoms with van der Waals surface area (Å²) in [6.45, 7) is 0. The third-order valence-electron chi connectivity index (χ3n) is 2.39. The van der Waals surface area contributed by atoms with Crippen molar-refractivity contribution in [2.45, 2.75) is 12.8 Å². The highest BCUT2D eigenvalue weighted by molar-refractivity contribution is 8.31. The van der Waals surface area contributed by atoms with Crippen LogP contribution >= 0.6 is 21.4 Å². The van der Waals surface area contributed by atoms with Crippen molar-refractivity contribution >= 4 is 29.6 Å². The van der Waals surface area contributed by atoms with Crippen LogP contribution in [0.4, 0.5) is 0 Å². The Morgan fingerprint density at radius 3 is 1.21 bits per heavy atom. The van der Waals surface area contributed by atoms with Crippen molar-refractivity contribution in [1.82, 2.24) is 0 Å². The second-order valence-corrected chi connectivity index (χ2v) is 7.52. The molecule has 2 aromatic carbocycles.